The van der Waals surface area contributed by atoms with Crippen LogP contribution in [-0.2, 0) is 16.1 Å². The summed E-state index contributed by atoms with van der Waals surface area (Å²) < 4.78 is 20.1. The smallest absolute Gasteiger partial charge is 0.179 e. The molecule has 0 aromatic heterocycles. The first kappa shape index (κ1) is 12.1. The summed E-state index contributed by atoms with van der Waals surface area (Å²) in [6, 6.07) is 9.80. The van der Waals surface area contributed by atoms with Gasteiger partial charge in [0.15, 0.2) is 12.0 Å². The van der Waals surface area contributed by atoms with Crippen molar-refractivity contribution >= 4 is 0 Å². The minimum absolute atomic E-state index is 0.143. The molecule has 3 nitrogen and oxygen atoms in total. The topological polar surface area (TPSA) is 21.7 Å². The molecule has 2 bridgehead atoms. The van der Waals surface area contributed by atoms with Gasteiger partial charge in [0, 0.05) is 13.0 Å². The fourth-order valence-corrected chi connectivity index (χ4v) is 2.71. The number of hydroxylamine groups is 2. The predicted octanol–water partition coefficient (Wildman–Crippen LogP) is 2.67. The van der Waals surface area contributed by atoms with Crippen LogP contribution < -0.4 is 0 Å². The van der Waals surface area contributed by atoms with Crippen molar-refractivity contribution < 1.29 is 14.0 Å². The van der Waals surface area contributed by atoms with Gasteiger partial charge in [-0.1, -0.05) is 37.3 Å². The maximum absolute atomic E-state index is 14.7. The van der Waals surface area contributed by atoms with E-state index in [1.807, 2.05) is 37.3 Å². The lowest BCUT2D eigenvalue weighted by Gasteiger charge is -2.35. The normalized spacial score (nSPS) is 35.9. The van der Waals surface area contributed by atoms with E-state index in [1.54, 1.807) is 5.06 Å². The minimum atomic E-state index is -1.29. The Hall–Kier alpha value is -0.970. The van der Waals surface area contributed by atoms with Gasteiger partial charge < -0.3 is 4.74 Å². The number of benzene rings is 1. The van der Waals surface area contributed by atoms with Gasteiger partial charge >= 0.3 is 0 Å². The van der Waals surface area contributed by atoms with Crippen molar-refractivity contribution in [2.75, 3.05) is 6.61 Å². The van der Waals surface area contributed by atoms with E-state index in [0.29, 0.717) is 19.4 Å². The van der Waals surface area contributed by atoms with Gasteiger partial charge in [0.25, 0.3) is 0 Å². The zero-order valence-electron chi connectivity index (χ0n) is 10.5. The largest absolute Gasteiger partial charge is 0.347 e. The van der Waals surface area contributed by atoms with Crippen molar-refractivity contribution in [2.24, 2.45) is 0 Å². The molecule has 98 valence electrons. The fraction of sp³-hybridized carbons (Fsp3) is 0.571. The Morgan fingerprint density at radius 1 is 1.39 bits per heavy atom. The number of hydrogen-bond donors (Lipinski definition) is 0. The molecule has 2 fully saturated rings. The third-order valence-corrected chi connectivity index (χ3v) is 3.89. The van der Waals surface area contributed by atoms with E-state index < -0.39 is 5.67 Å². The number of fused-ring (bicyclic) bond motifs is 2. The van der Waals surface area contributed by atoms with Crippen LogP contribution in [0.15, 0.2) is 30.3 Å². The van der Waals surface area contributed by atoms with Gasteiger partial charge in [-0.3, -0.25) is 4.84 Å². The lowest BCUT2D eigenvalue weighted by atomic mass is 9.90. The van der Waals surface area contributed by atoms with E-state index >= 15 is 0 Å². The summed E-state index contributed by atoms with van der Waals surface area (Å²) in [5, 5.41) is 1.76. The van der Waals surface area contributed by atoms with Crippen molar-refractivity contribution in [3.8, 4) is 0 Å². The van der Waals surface area contributed by atoms with Crippen LogP contribution in [0.25, 0.3) is 0 Å². The third kappa shape index (κ3) is 2.05. The van der Waals surface area contributed by atoms with E-state index in [2.05, 4.69) is 0 Å². The molecule has 2 aliphatic heterocycles. The Morgan fingerprint density at radius 3 is 2.89 bits per heavy atom. The highest BCUT2D eigenvalue weighted by Gasteiger charge is 2.52. The van der Waals surface area contributed by atoms with Gasteiger partial charge in [0.05, 0.1) is 12.6 Å². The summed E-state index contributed by atoms with van der Waals surface area (Å²) in [6.45, 7) is 2.61. The number of rotatable bonds is 3. The molecule has 4 heteroatoms. The SMILES string of the molecule is CC[C@]1(F)CO[C@H]2C[C@@H]1N(Cc1ccccc1)O2. The van der Waals surface area contributed by atoms with Crippen LogP contribution in [0.4, 0.5) is 4.39 Å². The van der Waals surface area contributed by atoms with Gasteiger partial charge in [-0.15, -0.1) is 0 Å². The summed E-state index contributed by atoms with van der Waals surface area (Å²) in [5.74, 6) is 0. The molecular formula is C14H18FNO2. The first-order valence-corrected chi connectivity index (χ1v) is 6.49. The molecule has 1 aromatic carbocycles. The van der Waals surface area contributed by atoms with Crippen LogP contribution in [0.3, 0.4) is 0 Å². The van der Waals surface area contributed by atoms with E-state index in [4.69, 9.17) is 9.57 Å². The Kier molecular flexibility index (Phi) is 3.09. The summed E-state index contributed by atoms with van der Waals surface area (Å²) in [6.07, 6.45) is 0.810. The van der Waals surface area contributed by atoms with Crippen LogP contribution in [0.5, 0.6) is 0 Å². The maximum atomic E-state index is 14.7. The molecule has 0 N–H and O–H groups in total. The van der Waals surface area contributed by atoms with Crippen molar-refractivity contribution in [1.82, 2.24) is 5.06 Å². The lowest BCUT2D eigenvalue weighted by molar-refractivity contribution is -0.228. The van der Waals surface area contributed by atoms with Crippen LogP contribution in [0, 0.1) is 0 Å². The minimum Gasteiger partial charge on any atom is -0.347 e. The Morgan fingerprint density at radius 2 is 2.17 bits per heavy atom. The van der Waals surface area contributed by atoms with Gasteiger partial charge in [0.1, 0.15) is 0 Å². The quantitative estimate of drug-likeness (QED) is 0.824. The van der Waals surface area contributed by atoms with E-state index in [1.165, 1.54) is 0 Å². The number of alkyl halides is 1. The van der Waals surface area contributed by atoms with Gasteiger partial charge in [-0.25, -0.2) is 4.39 Å². The molecule has 2 saturated heterocycles. The Labute approximate surface area is 106 Å². The van der Waals surface area contributed by atoms with Crippen molar-refractivity contribution in [3.63, 3.8) is 0 Å². The van der Waals surface area contributed by atoms with E-state index in [9.17, 15) is 4.39 Å². The number of halogens is 1. The molecule has 0 saturated carbocycles. The molecule has 3 rings (SSSR count). The molecule has 0 amide bonds. The van der Waals surface area contributed by atoms with Gasteiger partial charge in [-0.2, -0.15) is 5.06 Å². The van der Waals surface area contributed by atoms with Gasteiger partial charge in [0.2, 0.25) is 0 Å². The van der Waals surface area contributed by atoms with E-state index in [0.717, 1.165) is 5.56 Å². The number of nitrogens with zero attached hydrogens (tertiary/aromatic N) is 1. The summed E-state index contributed by atoms with van der Waals surface area (Å²) in [4.78, 5) is 5.66. The number of ether oxygens (including phenoxy) is 1. The average molecular weight is 251 g/mol. The molecule has 2 heterocycles. The highest BCUT2D eigenvalue weighted by molar-refractivity contribution is 5.15. The first-order valence-electron chi connectivity index (χ1n) is 6.49. The van der Waals surface area contributed by atoms with Gasteiger partial charge in [-0.05, 0) is 12.0 Å². The molecular weight excluding hydrogens is 233 g/mol. The number of hydrogen-bond acceptors (Lipinski definition) is 3. The monoisotopic (exact) mass is 251 g/mol. The molecule has 3 atom stereocenters. The highest BCUT2D eigenvalue weighted by atomic mass is 19.1. The molecule has 18 heavy (non-hydrogen) atoms. The Bertz CT molecular complexity index is 414. The van der Waals surface area contributed by atoms with E-state index in [-0.39, 0.29) is 18.9 Å². The first-order chi connectivity index (χ1) is 8.71. The second-order valence-corrected chi connectivity index (χ2v) is 5.05. The van der Waals surface area contributed by atoms with Crippen LogP contribution in [0.1, 0.15) is 25.3 Å². The van der Waals surface area contributed by atoms with Crippen molar-refractivity contribution in [2.45, 2.75) is 44.3 Å². The Balaban J connectivity index is 1.77. The second-order valence-electron chi connectivity index (χ2n) is 5.05. The summed E-state index contributed by atoms with van der Waals surface area (Å²) in [7, 11) is 0. The predicted molar refractivity (Wildman–Crippen MR) is 65.3 cm³/mol. The zero-order chi connectivity index (χ0) is 12.6. The molecule has 0 aliphatic carbocycles. The average Bonchev–Trinajstić information content (AvgIpc) is 2.76. The fourth-order valence-electron chi connectivity index (χ4n) is 2.71. The lowest BCUT2D eigenvalue weighted by Crippen LogP contribution is -2.50. The molecule has 1 aromatic rings. The van der Waals surface area contributed by atoms with Crippen LogP contribution in [0.2, 0.25) is 0 Å². The second kappa shape index (κ2) is 4.61. The maximum Gasteiger partial charge on any atom is 0.179 e. The summed E-state index contributed by atoms with van der Waals surface area (Å²) >= 11 is 0. The van der Waals surface area contributed by atoms with Crippen LogP contribution >= 0.6 is 0 Å². The highest BCUT2D eigenvalue weighted by Crippen LogP contribution is 2.40. The zero-order valence-corrected chi connectivity index (χ0v) is 10.5. The molecule has 0 radical (unpaired) electrons. The third-order valence-electron chi connectivity index (χ3n) is 3.89. The van der Waals surface area contributed by atoms with Crippen molar-refractivity contribution in [3.05, 3.63) is 35.9 Å². The molecule has 0 spiro atoms. The molecule has 2 aliphatic rings. The van der Waals surface area contributed by atoms with Crippen molar-refractivity contribution in [1.29, 1.82) is 0 Å². The van der Waals surface area contributed by atoms with Crippen LogP contribution in [-0.4, -0.2) is 29.7 Å². The molecule has 0 unspecified atom stereocenters. The summed E-state index contributed by atoms with van der Waals surface area (Å²) in [5.41, 5.74) is -0.162. The standard InChI is InChI=1S/C14H18FNO2/c1-2-14(15)10-17-13-8-12(14)16(18-13)9-11-6-4-3-5-7-11/h3-7,12-13H,2,8-10H2,1H3/t12-,13+,14-/m0/s1.